The second-order valence-corrected chi connectivity index (χ2v) is 4.94. The van der Waals surface area contributed by atoms with Gasteiger partial charge in [-0.3, -0.25) is 4.79 Å². The van der Waals surface area contributed by atoms with Crippen LogP contribution in [-0.4, -0.2) is 41.6 Å². The number of carboxylic acid groups (broad SMARTS) is 1. The van der Waals surface area contributed by atoms with E-state index in [0.717, 1.165) is 19.3 Å². The molecule has 5 nitrogen and oxygen atoms in total. The van der Waals surface area contributed by atoms with Gasteiger partial charge >= 0.3 is 12.0 Å². The van der Waals surface area contributed by atoms with Crippen LogP contribution >= 0.6 is 0 Å². The predicted molar refractivity (Wildman–Crippen MR) is 80.7 cm³/mol. The Bertz CT molecular complexity index is 305. The van der Waals surface area contributed by atoms with Crippen molar-refractivity contribution in [3.63, 3.8) is 0 Å². The molecule has 5 heteroatoms. The Kier molecular flexibility index (Phi) is 10.5. The van der Waals surface area contributed by atoms with E-state index in [4.69, 9.17) is 5.11 Å². The zero-order valence-corrected chi connectivity index (χ0v) is 12.7. The maximum absolute atomic E-state index is 11.8. The Morgan fingerprint density at radius 1 is 1.30 bits per heavy atom. The van der Waals surface area contributed by atoms with Crippen molar-refractivity contribution in [1.82, 2.24) is 10.2 Å². The Morgan fingerprint density at radius 2 is 2.00 bits per heavy atom. The molecule has 0 aromatic heterocycles. The van der Waals surface area contributed by atoms with Gasteiger partial charge in [0.1, 0.15) is 0 Å². The average molecular weight is 284 g/mol. The molecule has 0 saturated heterocycles. The lowest BCUT2D eigenvalue weighted by Crippen LogP contribution is -2.40. The van der Waals surface area contributed by atoms with E-state index in [9.17, 15) is 9.59 Å². The first-order chi connectivity index (χ1) is 9.54. The number of carboxylic acids is 1. The van der Waals surface area contributed by atoms with Gasteiger partial charge < -0.3 is 15.3 Å². The standard InChI is InChI=1S/C15H28N2O3/c1-4-7-13(8-9-14(18)19)10-11-16-15(20)17(6-3)12-5-2/h5,13H,2,4,6-12H2,1,3H3,(H,16,20)(H,18,19). The highest BCUT2D eigenvalue weighted by atomic mass is 16.4. The molecule has 2 amide bonds. The molecular formula is C15H28N2O3. The molecule has 0 saturated carbocycles. The third-order valence-corrected chi connectivity index (χ3v) is 3.31. The van der Waals surface area contributed by atoms with Crippen molar-refractivity contribution < 1.29 is 14.7 Å². The molecule has 0 radical (unpaired) electrons. The fourth-order valence-corrected chi connectivity index (χ4v) is 2.18. The van der Waals surface area contributed by atoms with E-state index < -0.39 is 5.97 Å². The first kappa shape index (κ1) is 18.5. The summed E-state index contributed by atoms with van der Waals surface area (Å²) >= 11 is 0. The zero-order valence-electron chi connectivity index (χ0n) is 12.7. The highest BCUT2D eigenvalue weighted by molar-refractivity contribution is 5.74. The first-order valence-corrected chi connectivity index (χ1v) is 7.40. The lowest BCUT2D eigenvalue weighted by molar-refractivity contribution is -0.137. The highest BCUT2D eigenvalue weighted by Crippen LogP contribution is 2.17. The number of hydrogen-bond acceptors (Lipinski definition) is 2. The van der Waals surface area contributed by atoms with Crippen LogP contribution in [0.15, 0.2) is 12.7 Å². The van der Waals surface area contributed by atoms with E-state index in [1.165, 1.54) is 0 Å². The average Bonchev–Trinajstić information content (AvgIpc) is 2.41. The summed E-state index contributed by atoms with van der Waals surface area (Å²) in [6, 6.07) is -0.0825. The molecule has 0 aliphatic heterocycles. The number of nitrogens with zero attached hydrogens (tertiary/aromatic N) is 1. The summed E-state index contributed by atoms with van der Waals surface area (Å²) < 4.78 is 0. The normalized spacial score (nSPS) is 11.7. The van der Waals surface area contributed by atoms with Crippen LogP contribution in [0.25, 0.3) is 0 Å². The van der Waals surface area contributed by atoms with Gasteiger partial charge in [0.2, 0.25) is 0 Å². The van der Waals surface area contributed by atoms with Gasteiger partial charge in [-0.1, -0.05) is 25.8 Å². The third kappa shape index (κ3) is 8.56. The van der Waals surface area contributed by atoms with Crippen LogP contribution in [0, 0.1) is 5.92 Å². The largest absolute Gasteiger partial charge is 0.481 e. The summed E-state index contributed by atoms with van der Waals surface area (Å²) in [5.41, 5.74) is 0. The lowest BCUT2D eigenvalue weighted by atomic mass is 9.94. The van der Waals surface area contributed by atoms with Crippen LogP contribution < -0.4 is 5.32 Å². The van der Waals surface area contributed by atoms with Crippen LogP contribution in [-0.2, 0) is 4.79 Å². The Labute approximate surface area is 122 Å². The number of aliphatic carboxylic acids is 1. The minimum Gasteiger partial charge on any atom is -0.481 e. The fraction of sp³-hybridized carbons (Fsp3) is 0.733. The summed E-state index contributed by atoms with van der Waals surface area (Å²) in [4.78, 5) is 24.1. The number of rotatable bonds is 11. The van der Waals surface area contributed by atoms with Gasteiger partial charge in [-0.05, 0) is 25.7 Å². The minimum atomic E-state index is -0.752. The third-order valence-electron chi connectivity index (χ3n) is 3.31. The Balaban J connectivity index is 4.05. The van der Waals surface area contributed by atoms with Crippen LogP contribution in [0.2, 0.25) is 0 Å². The maximum atomic E-state index is 11.8. The molecule has 2 N–H and O–H groups in total. The van der Waals surface area contributed by atoms with E-state index in [-0.39, 0.29) is 12.5 Å². The molecule has 0 fully saturated rings. The maximum Gasteiger partial charge on any atom is 0.317 e. The molecule has 20 heavy (non-hydrogen) atoms. The summed E-state index contributed by atoms with van der Waals surface area (Å²) in [7, 11) is 0. The molecule has 1 atom stereocenters. The smallest absolute Gasteiger partial charge is 0.317 e. The number of urea groups is 1. The van der Waals surface area contributed by atoms with Gasteiger partial charge in [0.25, 0.3) is 0 Å². The van der Waals surface area contributed by atoms with Crippen LogP contribution in [0.1, 0.15) is 46.0 Å². The van der Waals surface area contributed by atoms with E-state index in [1.807, 2.05) is 6.92 Å². The van der Waals surface area contributed by atoms with Crippen molar-refractivity contribution >= 4 is 12.0 Å². The van der Waals surface area contributed by atoms with Crippen molar-refractivity contribution in [3.05, 3.63) is 12.7 Å². The zero-order chi connectivity index (χ0) is 15.4. The molecule has 1 unspecified atom stereocenters. The Hall–Kier alpha value is -1.52. The van der Waals surface area contributed by atoms with Crippen molar-refractivity contribution in [2.24, 2.45) is 5.92 Å². The molecule has 0 aliphatic carbocycles. The van der Waals surface area contributed by atoms with Crippen molar-refractivity contribution in [2.75, 3.05) is 19.6 Å². The molecule has 0 aromatic rings. The molecule has 0 heterocycles. The topological polar surface area (TPSA) is 69.6 Å². The van der Waals surface area contributed by atoms with E-state index >= 15 is 0 Å². The lowest BCUT2D eigenvalue weighted by Gasteiger charge is -2.21. The molecule has 0 spiro atoms. The van der Waals surface area contributed by atoms with Crippen molar-refractivity contribution in [2.45, 2.75) is 46.0 Å². The molecular weight excluding hydrogens is 256 g/mol. The number of carbonyl (C=O) groups is 2. The van der Waals surface area contributed by atoms with Crippen LogP contribution in [0.5, 0.6) is 0 Å². The van der Waals surface area contributed by atoms with Gasteiger partial charge in [0.05, 0.1) is 0 Å². The SMILES string of the molecule is C=CCN(CC)C(=O)NCCC(CCC)CCC(=O)O. The van der Waals surface area contributed by atoms with Gasteiger partial charge in [-0.15, -0.1) is 6.58 Å². The number of nitrogens with one attached hydrogen (secondary N) is 1. The van der Waals surface area contributed by atoms with Gasteiger partial charge in [0, 0.05) is 26.1 Å². The predicted octanol–water partition coefficient (Wildman–Crippen LogP) is 2.88. The minimum absolute atomic E-state index is 0.0825. The summed E-state index contributed by atoms with van der Waals surface area (Å²) in [6.07, 6.45) is 5.47. The second-order valence-electron chi connectivity index (χ2n) is 4.94. The molecule has 0 aromatic carbocycles. The fourth-order valence-electron chi connectivity index (χ4n) is 2.18. The van der Waals surface area contributed by atoms with Gasteiger partial charge in [-0.25, -0.2) is 4.79 Å². The highest BCUT2D eigenvalue weighted by Gasteiger charge is 2.12. The molecule has 0 aliphatic rings. The Morgan fingerprint density at radius 3 is 2.50 bits per heavy atom. The van der Waals surface area contributed by atoms with Crippen molar-refractivity contribution in [1.29, 1.82) is 0 Å². The van der Waals surface area contributed by atoms with E-state index in [2.05, 4.69) is 18.8 Å². The van der Waals surface area contributed by atoms with Crippen LogP contribution in [0.4, 0.5) is 4.79 Å². The number of likely N-dealkylation sites (N-methyl/N-ethyl adjacent to an activating group) is 1. The monoisotopic (exact) mass is 284 g/mol. The molecule has 0 bridgehead atoms. The number of hydrogen-bond donors (Lipinski definition) is 2. The molecule has 0 rings (SSSR count). The number of carbonyl (C=O) groups excluding carboxylic acids is 1. The number of amides is 2. The van der Waals surface area contributed by atoms with Crippen LogP contribution in [0.3, 0.4) is 0 Å². The van der Waals surface area contributed by atoms with E-state index in [0.29, 0.717) is 32.0 Å². The first-order valence-electron chi connectivity index (χ1n) is 7.40. The summed E-state index contributed by atoms with van der Waals surface area (Å²) in [5.74, 6) is -0.385. The summed E-state index contributed by atoms with van der Waals surface area (Å²) in [5, 5.41) is 11.6. The van der Waals surface area contributed by atoms with Crippen molar-refractivity contribution in [3.8, 4) is 0 Å². The molecule has 116 valence electrons. The summed E-state index contributed by atoms with van der Waals surface area (Å²) in [6.45, 7) is 9.43. The van der Waals surface area contributed by atoms with E-state index in [1.54, 1.807) is 11.0 Å². The second kappa shape index (κ2) is 11.3. The van der Waals surface area contributed by atoms with Gasteiger partial charge in [-0.2, -0.15) is 0 Å². The van der Waals surface area contributed by atoms with Gasteiger partial charge in [0.15, 0.2) is 0 Å². The quantitative estimate of drug-likeness (QED) is 0.573.